The first kappa shape index (κ1) is 25.9. The summed E-state index contributed by atoms with van der Waals surface area (Å²) in [5, 5.41) is 13.5. The maximum atomic E-state index is 14.7. The van der Waals surface area contributed by atoms with Crippen LogP contribution in [0.4, 0.5) is 4.39 Å². The Labute approximate surface area is 211 Å². The molecule has 4 rings (SSSR count). The molecule has 0 bridgehead atoms. The van der Waals surface area contributed by atoms with Gasteiger partial charge in [0.05, 0.1) is 31.9 Å². The van der Waals surface area contributed by atoms with E-state index in [-0.39, 0.29) is 23.0 Å². The van der Waals surface area contributed by atoms with Gasteiger partial charge in [-0.05, 0) is 44.0 Å². The smallest absolute Gasteiger partial charge is 0.295 e. The molecule has 2 aliphatic rings. The number of aryl methyl sites for hydroxylation is 1. The van der Waals surface area contributed by atoms with E-state index in [1.54, 1.807) is 13.8 Å². The van der Waals surface area contributed by atoms with Crippen LogP contribution in [-0.2, 0) is 14.3 Å². The first-order valence-electron chi connectivity index (χ1n) is 12.5. The molecule has 2 fully saturated rings. The summed E-state index contributed by atoms with van der Waals surface area (Å²) in [4.78, 5) is 29.1. The Morgan fingerprint density at radius 2 is 1.86 bits per heavy atom. The van der Waals surface area contributed by atoms with Crippen molar-refractivity contribution in [3.05, 3.63) is 70.5 Å². The number of carbonyl (C=O) groups excluding carboxylic acids is 2. The second-order valence-electron chi connectivity index (χ2n) is 9.66. The minimum absolute atomic E-state index is 0.0106. The topological polar surface area (TPSA) is 83.3 Å². The zero-order valence-corrected chi connectivity index (χ0v) is 21.0. The number of halogens is 1. The molecule has 0 aromatic heterocycles. The number of carbonyl (C=O) groups is 2. The molecule has 0 aliphatic carbocycles. The number of hydrogen-bond acceptors (Lipinski definition) is 5. The fraction of sp³-hybridized carbons (Fsp3) is 0.429. The van der Waals surface area contributed by atoms with Crippen molar-refractivity contribution >= 4 is 17.4 Å². The second-order valence-corrected chi connectivity index (χ2v) is 9.66. The fourth-order valence-corrected chi connectivity index (χ4v) is 4.75. The van der Waals surface area contributed by atoms with Crippen LogP contribution in [0.3, 0.4) is 0 Å². The number of Topliss-reactive ketones (excluding diaryl/α,β-unsaturated/α-hetero) is 1. The van der Waals surface area contributed by atoms with Gasteiger partial charge in [-0.1, -0.05) is 41.7 Å². The molecular weight excluding hydrogens is 463 g/mol. The Hall–Kier alpha value is -3.23. The van der Waals surface area contributed by atoms with E-state index in [9.17, 15) is 19.1 Å². The second kappa shape index (κ2) is 11.2. The lowest BCUT2D eigenvalue weighted by molar-refractivity contribution is -0.908. The Morgan fingerprint density at radius 3 is 2.50 bits per heavy atom. The van der Waals surface area contributed by atoms with E-state index in [4.69, 9.17) is 9.47 Å². The van der Waals surface area contributed by atoms with Crippen molar-refractivity contribution in [3.8, 4) is 5.75 Å². The number of likely N-dealkylation sites (tertiary alicyclic amines) is 1. The van der Waals surface area contributed by atoms with Gasteiger partial charge in [0.2, 0.25) is 5.78 Å². The lowest BCUT2D eigenvalue weighted by atomic mass is 9.94. The zero-order valence-electron chi connectivity index (χ0n) is 21.0. The summed E-state index contributed by atoms with van der Waals surface area (Å²) in [5.41, 5.74) is 1.57. The molecule has 2 heterocycles. The average molecular weight is 497 g/mol. The molecule has 1 amide bonds. The molecule has 1 N–H and O–H groups in total. The summed E-state index contributed by atoms with van der Waals surface area (Å²) in [7, 11) is 0. The highest BCUT2D eigenvalue weighted by atomic mass is 19.1. The lowest BCUT2D eigenvalue weighted by Gasteiger charge is -2.29. The van der Waals surface area contributed by atoms with Gasteiger partial charge < -0.3 is 24.4 Å². The summed E-state index contributed by atoms with van der Waals surface area (Å²) in [6.07, 6.45) is 0.455. The molecule has 0 radical (unpaired) electrons. The summed E-state index contributed by atoms with van der Waals surface area (Å²) in [5.74, 6) is -2.82. The van der Waals surface area contributed by atoms with Crippen LogP contribution in [0, 0.1) is 12.7 Å². The molecule has 7 nitrogen and oxygen atoms in total. The van der Waals surface area contributed by atoms with Gasteiger partial charge in [0.1, 0.15) is 13.1 Å². The largest absolute Gasteiger partial charge is 0.872 e. The summed E-state index contributed by atoms with van der Waals surface area (Å²) >= 11 is 0. The molecule has 0 saturated carbocycles. The number of morpholine rings is 1. The minimum Gasteiger partial charge on any atom is -0.872 e. The van der Waals surface area contributed by atoms with Crippen LogP contribution in [0.5, 0.6) is 5.75 Å². The molecule has 2 saturated heterocycles. The van der Waals surface area contributed by atoms with Gasteiger partial charge in [0.25, 0.3) is 5.91 Å². The normalized spacial score (nSPS) is 20.4. The van der Waals surface area contributed by atoms with Crippen molar-refractivity contribution in [2.45, 2.75) is 39.3 Å². The number of benzene rings is 2. The van der Waals surface area contributed by atoms with Crippen LogP contribution in [0.2, 0.25) is 0 Å². The number of ether oxygens (including phenoxy) is 2. The van der Waals surface area contributed by atoms with Crippen molar-refractivity contribution in [2.24, 2.45) is 0 Å². The number of rotatable bonds is 8. The molecule has 0 spiro atoms. The Morgan fingerprint density at radius 1 is 1.17 bits per heavy atom. The highest BCUT2D eigenvalue weighted by Crippen LogP contribution is 2.39. The van der Waals surface area contributed by atoms with E-state index in [2.05, 4.69) is 0 Å². The van der Waals surface area contributed by atoms with Crippen LogP contribution in [0.1, 0.15) is 43.0 Å². The van der Waals surface area contributed by atoms with E-state index in [1.165, 1.54) is 21.9 Å². The molecular formula is C28H33FN2O5. The number of ketones is 1. The van der Waals surface area contributed by atoms with E-state index < -0.39 is 29.3 Å². The third-order valence-corrected chi connectivity index (χ3v) is 6.61. The Bertz CT molecular complexity index is 1140. The van der Waals surface area contributed by atoms with Crippen LogP contribution >= 0.6 is 0 Å². The van der Waals surface area contributed by atoms with Gasteiger partial charge >= 0.3 is 0 Å². The first-order valence-corrected chi connectivity index (χ1v) is 12.5. The van der Waals surface area contributed by atoms with Crippen LogP contribution in [0.15, 0.2) is 48.0 Å². The zero-order chi connectivity index (χ0) is 25.8. The van der Waals surface area contributed by atoms with Crippen molar-refractivity contribution < 1.29 is 33.5 Å². The van der Waals surface area contributed by atoms with Crippen LogP contribution in [-0.4, -0.2) is 62.1 Å². The molecule has 2 aromatic carbocycles. The predicted molar refractivity (Wildman–Crippen MR) is 131 cm³/mol. The van der Waals surface area contributed by atoms with Gasteiger partial charge in [0, 0.05) is 18.5 Å². The first-order chi connectivity index (χ1) is 17.3. The molecule has 1 unspecified atom stereocenters. The van der Waals surface area contributed by atoms with Crippen molar-refractivity contribution in [2.75, 3.05) is 39.4 Å². The van der Waals surface area contributed by atoms with Gasteiger partial charge in [-0.3, -0.25) is 9.59 Å². The number of hydrogen-bond donors (Lipinski definition) is 1. The number of nitrogens with one attached hydrogen (secondary N) is 1. The third-order valence-electron chi connectivity index (χ3n) is 6.61. The highest BCUT2D eigenvalue weighted by molar-refractivity contribution is 6.46. The van der Waals surface area contributed by atoms with Gasteiger partial charge in [0.15, 0.2) is 11.6 Å². The molecule has 36 heavy (non-hydrogen) atoms. The van der Waals surface area contributed by atoms with E-state index in [0.717, 1.165) is 31.3 Å². The highest BCUT2D eigenvalue weighted by Gasteiger charge is 2.44. The molecule has 1 atom stereocenters. The number of nitrogens with zero attached hydrogens (tertiary/aromatic N) is 1. The van der Waals surface area contributed by atoms with Gasteiger partial charge in [-0.2, -0.15) is 0 Å². The molecule has 2 aliphatic heterocycles. The monoisotopic (exact) mass is 496 g/mol. The predicted octanol–water partition coefficient (Wildman–Crippen LogP) is 1.45. The minimum atomic E-state index is -0.827. The average Bonchev–Trinajstić information content (AvgIpc) is 3.11. The summed E-state index contributed by atoms with van der Waals surface area (Å²) in [6, 6.07) is 10.5. The number of quaternary nitrogens is 1. The Balaban J connectivity index is 1.67. The van der Waals surface area contributed by atoms with E-state index in [1.807, 2.05) is 31.2 Å². The maximum Gasteiger partial charge on any atom is 0.295 e. The van der Waals surface area contributed by atoms with Crippen LogP contribution in [0.25, 0.3) is 5.76 Å². The molecule has 192 valence electrons. The lowest BCUT2D eigenvalue weighted by Crippen LogP contribution is -3.14. The summed E-state index contributed by atoms with van der Waals surface area (Å²) in [6.45, 7) is 9.93. The van der Waals surface area contributed by atoms with E-state index in [0.29, 0.717) is 31.7 Å². The number of amides is 1. The van der Waals surface area contributed by atoms with Crippen molar-refractivity contribution in [1.82, 2.24) is 4.90 Å². The maximum absolute atomic E-state index is 14.7. The Kier molecular flexibility index (Phi) is 8.06. The van der Waals surface area contributed by atoms with Crippen molar-refractivity contribution in [3.63, 3.8) is 0 Å². The summed E-state index contributed by atoms with van der Waals surface area (Å²) < 4.78 is 25.5. The van der Waals surface area contributed by atoms with Gasteiger partial charge in [-0.25, -0.2) is 4.39 Å². The molecule has 8 heteroatoms. The SMILES string of the molecule is Cc1ccc(C2C(=C([O-])c3ccc(OC(C)C)c(F)c3)C(=O)C(=O)N2CCC[NH+]2CCOCC2)cc1. The van der Waals surface area contributed by atoms with Crippen molar-refractivity contribution in [1.29, 1.82) is 0 Å². The molecule has 2 aromatic rings. The quantitative estimate of drug-likeness (QED) is 0.340. The van der Waals surface area contributed by atoms with Gasteiger partial charge in [-0.15, -0.1) is 0 Å². The van der Waals surface area contributed by atoms with E-state index >= 15 is 0 Å². The standard InChI is InChI=1S/C28H33FN2O5/c1-18(2)36-23-10-9-21(17-22(23)29)26(32)24-25(20-7-5-19(3)6-8-20)31(28(34)27(24)33)12-4-11-30-13-15-35-16-14-30/h5-10,17-18,25,32H,4,11-16H2,1-3H3. The van der Waals surface area contributed by atoms with Crippen LogP contribution < -0.4 is 14.7 Å². The fourth-order valence-electron chi connectivity index (χ4n) is 4.75. The third kappa shape index (κ3) is 5.60.